The number of amides is 1. The van der Waals surface area contributed by atoms with Gasteiger partial charge in [0.05, 0.1) is 6.04 Å². The van der Waals surface area contributed by atoms with Crippen LogP contribution in [-0.2, 0) is 11.3 Å². The normalized spacial score (nSPS) is 17.8. The second kappa shape index (κ2) is 6.20. The van der Waals surface area contributed by atoms with Crippen molar-refractivity contribution in [3.8, 4) is 0 Å². The molecule has 3 nitrogen and oxygen atoms in total. The number of hydrogen-bond acceptors (Lipinski definition) is 2. The topological polar surface area (TPSA) is 46.3 Å². The van der Waals surface area contributed by atoms with Gasteiger partial charge in [-0.1, -0.05) is 37.3 Å². The van der Waals surface area contributed by atoms with Crippen LogP contribution >= 0.6 is 0 Å². The maximum atomic E-state index is 12.5. The summed E-state index contributed by atoms with van der Waals surface area (Å²) in [6.07, 6.45) is 3.17. The molecule has 1 fully saturated rings. The Hall–Kier alpha value is -1.35. The van der Waals surface area contributed by atoms with Gasteiger partial charge in [0.25, 0.3) is 0 Å². The van der Waals surface area contributed by atoms with Crippen LogP contribution in [0.2, 0.25) is 0 Å². The van der Waals surface area contributed by atoms with E-state index in [1.807, 2.05) is 30.0 Å². The Morgan fingerprint density at radius 2 is 2.00 bits per heavy atom. The monoisotopic (exact) mass is 260 g/mol. The molecule has 3 heteroatoms. The van der Waals surface area contributed by atoms with Gasteiger partial charge in [-0.15, -0.1) is 0 Å². The average molecular weight is 260 g/mol. The molecule has 1 aliphatic carbocycles. The first-order valence-corrected chi connectivity index (χ1v) is 7.23. The van der Waals surface area contributed by atoms with Gasteiger partial charge < -0.3 is 10.6 Å². The Labute approximate surface area is 115 Å². The first-order chi connectivity index (χ1) is 9.13. The van der Waals surface area contributed by atoms with E-state index in [4.69, 9.17) is 5.73 Å². The van der Waals surface area contributed by atoms with E-state index in [0.29, 0.717) is 24.9 Å². The van der Waals surface area contributed by atoms with E-state index in [-0.39, 0.29) is 11.9 Å². The standard InChI is InChI=1S/C16H24N2O/c1-3-15(17)16(19)18(12(2)14-9-10-14)11-13-7-5-4-6-8-13/h4-8,12,14-15H,3,9-11,17H2,1-2H3/t12?,15-/m1/s1. The van der Waals surface area contributed by atoms with E-state index in [1.54, 1.807) is 0 Å². The Kier molecular flexibility index (Phi) is 4.59. The van der Waals surface area contributed by atoms with Crippen LogP contribution in [0.25, 0.3) is 0 Å². The summed E-state index contributed by atoms with van der Waals surface area (Å²) >= 11 is 0. The molecule has 0 heterocycles. The largest absolute Gasteiger partial charge is 0.334 e. The van der Waals surface area contributed by atoms with Gasteiger partial charge in [-0.25, -0.2) is 0 Å². The van der Waals surface area contributed by atoms with Crippen LogP contribution in [0.5, 0.6) is 0 Å². The lowest BCUT2D eigenvalue weighted by Crippen LogP contribution is -2.47. The Morgan fingerprint density at radius 1 is 1.37 bits per heavy atom. The molecule has 0 aliphatic heterocycles. The summed E-state index contributed by atoms with van der Waals surface area (Å²) in [5.41, 5.74) is 7.11. The number of hydrogen-bond donors (Lipinski definition) is 1. The van der Waals surface area contributed by atoms with E-state index in [1.165, 1.54) is 18.4 Å². The van der Waals surface area contributed by atoms with Gasteiger partial charge in [-0.2, -0.15) is 0 Å². The Balaban J connectivity index is 2.11. The van der Waals surface area contributed by atoms with Gasteiger partial charge in [-0.3, -0.25) is 4.79 Å². The van der Waals surface area contributed by atoms with E-state index in [9.17, 15) is 4.79 Å². The first-order valence-electron chi connectivity index (χ1n) is 7.23. The Morgan fingerprint density at radius 3 is 2.53 bits per heavy atom. The molecule has 0 spiro atoms. The third kappa shape index (κ3) is 3.57. The molecule has 0 saturated heterocycles. The van der Waals surface area contributed by atoms with Crippen LogP contribution < -0.4 is 5.73 Å². The van der Waals surface area contributed by atoms with Crippen LogP contribution in [-0.4, -0.2) is 22.9 Å². The highest BCUT2D eigenvalue weighted by molar-refractivity contribution is 5.81. The summed E-state index contributed by atoms with van der Waals surface area (Å²) < 4.78 is 0. The molecular weight excluding hydrogens is 236 g/mol. The third-order valence-corrected chi connectivity index (χ3v) is 4.03. The minimum atomic E-state index is -0.370. The minimum absolute atomic E-state index is 0.0887. The molecule has 1 aromatic rings. The molecule has 0 bridgehead atoms. The predicted octanol–water partition coefficient (Wildman–Crippen LogP) is 2.55. The summed E-state index contributed by atoms with van der Waals surface area (Å²) in [6, 6.07) is 10.1. The van der Waals surface area contributed by atoms with Crippen molar-refractivity contribution in [2.75, 3.05) is 0 Å². The molecule has 2 atom stereocenters. The molecule has 2 N–H and O–H groups in total. The van der Waals surface area contributed by atoms with Crippen LogP contribution in [0.15, 0.2) is 30.3 Å². The third-order valence-electron chi connectivity index (χ3n) is 4.03. The summed E-state index contributed by atoms with van der Waals surface area (Å²) in [4.78, 5) is 14.4. The van der Waals surface area contributed by atoms with Gasteiger partial charge in [0, 0.05) is 12.6 Å². The van der Waals surface area contributed by atoms with Gasteiger partial charge in [0.1, 0.15) is 0 Å². The molecule has 1 saturated carbocycles. The van der Waals surface area contributed by atoms with Crippen LogP contribution in [0.1, 0.15) is 38.7 Å². The summed E-state index contributed by atoms with van der Waals surface area (Å²) in [7, 11) is 0. The molecular formula is C16H24N2O. The number of carbonyl (C=O) groups is 1. The van der Waals surface area contributed by atoms with E-state index in [2.05, 4.69) is 19.1 Å². The van der Waals surface area contributed by atoms with Crippen molar-refractivity contribution in [2.45, 2.75) is 51.7 Å². The highest BCUT2D eigenvalue weighted by atomic mass is 16.2. The van der Waals surface area contributed by atoms with Crippen molar-refractivity contribution in [1.29, 1.82) is 0 Å². The molecule has 1 aromatic carbocycles. The smallest absolute Gasteiger partial charge is 0.240 e. The van der Waals surface area contributed by atoms with Gasteiger partial charge >= 0.3 is 0 Å². The molecule has 19 heavy (non-hydrogen) atoms. The van der Waals surface area contributed by atoms with Gasteiger partial charge in [0.15, 0.2) is 0 Å². The molecule has 104 valence electrons. The zero-order chi connectivity index (χ0) is 13.8. The SMILES string of the molecule is CC[C@@H](N)C(=O)N(Cc1ccccc1)C(C)C1CC1. The number of nitrogens with two attached hydrogens (primary N) is 1. The molecule has 0 aromatic heterocycles. The lowest BCUT2D eigenvalue weighted by Gasteiger charge is -2.31. The van der Waals surface area contributed by atoms with Crippen molar-refractivity contribution in [2.24, 2.45) is 11.7 Å². The van der Waals surface area contributed by atoms with E-state index in [0.717, 1.165) is 0 Å². The molecule has 1 unspecified atom stereocenters. The lowest BCUT2D eigenvalue weighted by molar-refractivity contribution is -0.135. The van der Waals surface area contributed by atoms with Crippen LogP contribution in [0, 0.1) is 5.92 Å². The highest BCUT2D eigenvalue weighted by Crippen LogP contribution is 2.35. The summed E-state index contributed by atoms with van der Waals surface area (Å²) in [5.74, 6) is 0.752. The van der Waals surface area contributed by atoms with Crippen LogP contribution in [0.3, 0.4) is 0 Å². The summed E-state index contributed by atoms with van der Waals surface area (Å²) in [6.45, 7) is 4.79. The second-order valence-corrected chi connectivity index (χ2v) is 5.54. The predicted molar refractivity (Wildman–Crippen MR) is 77.4 cm³/mol. The fourth-order valence-electron chi connectivity index (χ4n) is 2.42. The molecule has 2 rings (SSSR count). The number of nitrogens with zero attached hydrogens (tertiary/aromatic N) is 1. The number of carbonyl (C=O) groups excluding carboxylic acids is 1. The summed E-state index contributed by atoms with van der Waals surface area (Å²) in [5, 5.41) is 0. The van der Waals surface area contributed by atoms with Crippen molar-refractivity contribution >= 4 is 5.91 Å². The quantitative estimate of drug-likeness (QED) is 0.854. The van der Waals surface area contributed by atoms with Crippen molar-refractivity contribution < 1.29 is 4.79 Å². The highest BCUT2D eigenvalue weighted by Gasteiger charge is 2.35. The number of rotatable bonds is 6. The minimum Gasteiger partial charge on any atom is -0.334 e. The fourth-order valence-corrected chi connectivity index (χ4v) is 2.42. The second-order valence-electron chi connectivity index (χ2n) is 5.54. The molecule has 1 aliphatic rings. The zero-order valence-corrected chi connectivity index (χ0v) is 11.9. The maximum Gasteiger partial charge on any atom is 0.240 e. The van der Waals surface area contributed by atoms with Gasteiger partial charge in [0.2, 0.25) is 5.91 Å². The molecule has 0 radical (unpaired) electrons. The zero-order valence-electron chi connectivity index (χ0n) is 11.9. The average Bonchev–Trinajstić information content (AvgIpc) is 3.28. The van der Waals surface area contributed by atoms with Gasteiger partial charge in [-0.05, 0) is 37.7 Å². The Bertz CT molecular complexity index is 414. The van der Waals surface area contributed by atoms with Crippen molar-refractivity contribution in [3.63, 3.8) is 0 Å². The van der Waals surface area contributed by atoms with E-state index >= 15 is 0 Å². The van der Waals surface area contributed by atoms with E-state index < -0.39 is 0 Å². The first kappa shape index (κ1) is 14.1. The maximum absolute atomic E-state index is 12.5. The molecule has 1 amide bonds. The number of benzene rings is 1. The van der Waals surface area contributed by atoms with Crippen molar-refractivity contribution in [3.05, 3.63) is 35.9 Å². The van der Waals surface area contributed by atoms with Crippen molar-refractivity contribution in [1.82, 2.24) is 4.90 Å². The lowest BCUT2D eigenvalue weighted by atomic mass is 10.1. The fraction of sp³-hybridized carbons (Fsp3) is 0.562. The van der Waals surface area contributed by atoms with Crippen LogP contribution in [0.4, 0.5) is 0 Å².